The molecule has 10 heteroatoms. The van der Waals surface area contributed by atoms with Gasteiger partial charge in [-0.25, -0.2) is 20.2 Å². The first-order chi connectivity index (χ1) is 5.43. The van der Waals surface area contributed by atoms with Crippen LogP contribution in [-0.2, 0) is 9.59 Å². The standard InChI is InChI=1S/C2H2N4O6/c7-1(3-5(9)10)2(8)4-6(11)12/h(H,3,7)(H,4,8). The molecule has 0 spiro atoms. The fourth-order valence-electron chi connectivity index (χ4n) is 0.267. The molecule has 12 heavy (non-hydrogen) atoms. The Morgan fingerprint density at radius 1 is 0.917 bits per heavy atom. The van der Waals surface area contributed by atoms with E-state index in [0.29, 0.717) is 0 Å². The van der Waals surface area contributed by atoms with Crippen molar-refractivity contribution in [1.82, 2.24) is 10.9 Å². The summed E-state index contributed by atoms with van der Waals surface area (Å²) >= 11 is 0. The average molecular weight is 178 g/mol. The van der Waals surface area contributed by atoms with Crippen LogP contribution in [0.25, 0.3) is 0 Å². The van der Waals surface area contributed by atoms with Crippen LogP contribution in [0.15, 0.2) is 0 Å². The minimum Gasteiger partial charge on any atom is -0.257 e. The third-order valence-corrected chi connectivity index (χ3v) is 0.592. The fraction of sp³-hybridized carbons (Fsp3) is 0. The Hall–Kier alpha value is -2.26. The maximum Gasteiger partial charge on any atom is 0.373 e. The van der Waals surface area contributed by atoms with Crippen LogP contribution in [0, 0.1) is 20.2 Å². The van der Waals surface area contributed by atoms with E-state index in [9.17, 15) is 29.8 Å². The van der Waals surface area contributed by atoms with Gasteiger partial charge in [0.2, 0.25) is 0 Å². The van der Waals surface area contributed by atoms with Crippen molar-refractivity contribution in [3.8, 4) is 0 Å². The van der Waals surface area contributed by atoms with Crippen LogP contribution in [0.4, 0.5) is 0 Å². The number of carbonyl (C=O) groups is 2. The SMILES string of the molecule is O=C(N[N+](=O)[O-])C(=O)N[N+](=O)[O-]. The molecule has 2 amide bonds. The average Bonchev–Trinajstić information content (AvgIpc) is 1.84. The summed E-state index contributed by atoms with van der Waals surface area (Å²) in [6, 6.07) is 0. The van der Waals surface area contributed by atoms with Gasteiger partial charge in [-0.15, -0.1) is 0 Å². The quantitative estimate of drug-likeness (QED) is 0.274. The van der Waals surface area contributed by atoms with Crippen LogP contribution in [0.3, 0.4) is 0 Å². The van der Waals surface area contributed by atoms with E-state index in [1.54, 1.807) is 0 Å². The van der Waals surface area contributed by atoms with Crippen molar-refractivity contribution in [2.24, 2.45) is 0 Å². The monoisotopic (exact) mass is 178 g/mol. The lowest BCUT2D eigenvalue weighted by molar-refractivity contribution is -0.535. The summed E-state index contributed by atoms with van der Waals surface area (Å²) in [6.07, 6.45) is 0. The summed E-state index contributed by atoms with van der Waals surface area (Å²) in [5.74, 6) is -3.42. The molecule has 0 aromatic rings. The number of nitro groups is 2. The Bertz CT molecular complexity index is 220. The van der Waals surface area contributed by atoms with Crippen molar-refractivity contribution in [3.63, 3.8) is 0 Å². The van der Waals surface area contributed by atoms with Gasteiger partial charge < -0.3 is 0 Å². The molecule has 0 heterocycles. The van der Waals surface area contributed by atoms with E-state index in [0.717, 1.165) is 10.9 Å². The Balaban J connectivity index is 4.03. The van der Waals surface area contributed by atoms with Gasteiger partial charge in [-0.2, -0.15) is 0 Å². The molecule has 0 bridgehead atoms. The van der Waals surface area contributed by atoms with Crippen LogP contribution >= 0.6 is 0 Å². The molecule has 0 fully saturated rings. The van der Waals surface area contributed by atoms with Gasteiger partial charge >= 0.3 is 11.8 Å². The highest BCUT2D eigenvalue weighted by molar-refractivity contribution is 6.34. The highest BCUT2D eigenvalue weighted by atomic mass is 16.7. The molecule has 10 nitrogen and oxygen atoms in total. The number of rotatable bonds is 2. The molecule has 0 aliphatic rings. The first kappa shape index (κ1) is 9.74. The van der Waals surface area contributed by atoms with Gasteiger partial charge in [-0.05, 0) is 0 Å². The molecule has 0 aliphatic heterocycles. The molecular formula is C2H2N4O6. The van der Waals surface area contributed by atoms with Crippen LogP contribution < -0.4 is 10.9 Å². The van der Waals surface area contributed by atoms with Crippen LogP contribution in [0.1, 0.15) is 0 Å². The summed E-state index contributed by atoms with van der Waals surface area (Å²) in [4.78, 5) is 39.5. The smallest absolute Gasteiger partial charge is 0.257 e. The van der Waals surface area contributed by atoms with Crippen LogP contribution in [0.5, 0.6) is 0 Å². The number of carbonyl (C=O) groups excluding carboxylic acids is 2. The van der Waals surface area contributed by atoms with Gasteiger partial charge in [0.05, 0.1) is 0 Å². The van der Waals surface area contributed by atoms with Gasteiger partial charge in [0.1, 0.15) is 0 Å². The van der Waals surface area contributed by atoms with Crippen molar-refractivity contribution in [2.45, 2.75) is 0 Å². The molecule has 2 N–H and O–H groups in total. The number of nitrogens with one attached hydrogen (secondary N) is 2. The van der Waals surface area contributed by atoms with E-state index in [2.05, 4.69) is 0 Å². The maximum absolute atomic E-state index is 10.2. The highest BCUT2D eigenvalue weighted by Crippen LogP contribution is 1.68. The summed E-state index contributed by atoms with van der Waals surface area (Å²) in [5.41, 5.74) is 1.83. The molecule has 0 unspecified atom stereocenters. The summed E-state index contributed by atoms with van der Waals surface area (Å²) < 4.78 is 0. The lowest BCUT2D eigenvalue weighted by atomic mass is 10.6. The van der Waals surface area contributed by atoms with Gasteiger partial charge in [0.25, 0.3) is 0 Å². The predicted molar refractivity (Wildman–Crippen MR) is 30.3 cm³/mol. The maximum atomic E-state index is 10.2. The lowest BCUT2D eigenvalue weighted by Crippen LogP contribution is -2.44. The van der Waals surface area contributed by atoms with E-state index >= 15 is 0 Å². The molecule has 0 atom stereocenters. The number of amides is 2. The highest BCUT2D eigenvalue weighted by Gasteiger charge is 2.22. The molecule has 0 saturated carbocycles. The fourth-order valence-corrected chi connectivity index (χ4v) is 0.267. The van der Waals surface area contributed by atoms with Crippen LogP contribution in [0.2, 0.25) is 0 Å². The second-order valence-electron chi connectivity index (χ2n) is 1.40. The van der Waals surface area contributed by atoms with Crippen LogP contribution in [-0.4, -0.2) is 21.9 Å². The summed E-state index contributed by atoms with van der Waals surface area (Å²) in [7, 11) is 0. The first-order valence-corrected chi connectivity index (χ1v) is 2.34. The topological polar surface area (TPSA) is 144 Å². The molecule has 0 aromatic heterocycles. The third-order valence-electron chi connectivity index (χ3n) is 0.592. The Labute approximate surface area is 63.8 Å². The number of hydrogen-bond acceptors (Lipinski definition) is 6. The molecule has 0 aromatic carbocycles. The van der Waals surface area contributed by atoms with E-state index in [1.165, 1.54) is 0 Å². The van der Waals surface area contributed by atoms with Crippen molar-refractivity contribution in [3.05, 3.63) is 20.2 Å². The molecule has 0 rings (SSSR count). The summed E-state index contributed by atoms with van der Waals surface area (Å²) in [6.45, 7) is 0. The van der Waals surface area contributed by atoms with E-state index in [-0.39, 0.29) is 0 Å². The second-order valence-corrected chi connectivity index (χ2v) is 1.40. The minimum atomic E-state index is -1.71. The second kappa shape index (κ2) is 3.80. The first-order valence-electron chi connectivity index (χ1n) is 2.34. The molecule has 66 valence electrons. The molecule has 0 aliphatic carbocycles. The van der Waals surface area contributed by atoms with Gasteiger partial charge in [0, 0.05) is 0 Å². The van der Waals surface area contributed by atoms with Crippen molar-refractivity contribution < 1.29 is 19.7 Å². The van der Waals surface area contributed by atoms with Crippen molar-refractivity contribution >= 4 is 11.8 Å². The van der Waals surface area contributed by atoms with Gasteiger partial charge in [-0.3, -0.25) is 9.59 Å². The normalized spacial score (nSPS) is 8.33. The zero-order valence-electron chi connectivity index (χ0n) is 5.34. The largest absolute Gasteiger partial charge is 0.373 e. The van der Waals surface area contributed by atoms with Gasteiger partial charge in [-0.1, -0.05) is 10.9 Å². The van der Waals surface area contributed by atoms with Crippen molar-refractivity contribution in [2.75, 3.05) is 0 Å². The number of hydrogen-bond donors (Lipinski definition) is 2. The Morgan fingerprint density at radius 2 is 1.17 bits per heavy atom. The van der Waals surface area contributed by atoms with E-state index in [1.807, 2.05) is 0 Å². The lowest BCUT2D eigenvalue weighted by Gasteiger charge is -1.91. The number of nitrogens with zero attached hydrogens (tertiary/aromatic N) is 2. The Kier molecular flexibility index (Phi) is 3.08. The van der Waals surface area contributed by atoms with Gasteiger partial charge in [0.15, 0.2) is 10.1 Å². The molecule has 0 radical (unpaired) electrons. The number of hydrazine groups is 2. The zero-order valence-corrected chi connectivity index (χ0v) is 5.34. The van der Waals surface area contributed by atoms with E-state index in [4.69, 9.17) is 0 Å². The Morgan fingerprint density at radius 3 is 1.33 bits per heavy atom. The van der Waals surface area contributed by atoms with E-state index < -0.39 is 21.9 Å². The molecular weight excluding hydrogens is 176 g/mol. The minimum absolute atomic E-state index is 0.915. The third kappa shape index (κ3) is 3.71. The zero-order chi connectivity index (χ0) is 9.72. The summed E-state index contributed by atoms with van der Waals surface area (Å²) in [5, 5.41) is 16.4. The van der Waals surface area contributed by atoms with Crippen molar-refractivity contribution in [1.29, 1.82) is 0 Å². The molecule has 0 saturated heterocycles. The predicted octanol–water partition coefficient (Wildman–Crippen LogP) is -2.40.